The van der Waals surface area contributed by atoms with E-state index in [1.807, 2.05) is 13.8 Å². The van der Waals surface area contributed by atoms with E-state index >= 15 is 0 Å². The van der Waals surface area contributed by atoms with Gasteiger partial charge in [0.25, 0.3) is 0 Å². The van der Waals surface area contributed by atoms with Crippen molar-refractivity contribution in [3.8, 4) is 0 Å². The van der Waals surface area contributed by atoms with Gasteiger partial charge < -0.3 is 0 Å². The number of hydrogen-bond acceptors (Lipinski definition) is 2. The summed E-state index contributed by atoms with van der Waals surface area (Å²) in [6.45, 7) is 4.30. The summed E-state index contributed by atoms with van der Waals surface area (Å²) in [5.41, 5.74) is 0.747. The molecule has 2 rings (SSSR count). The second kappa shape index (κ2) is 4.61. The molecule has 0 saturated carbocycles. The van der Waals surface area contributed by atoms with Crippen molar-refractivity contribution in [2.75, 3.05) is 0 Å². The van der Waals surface area contributed by atoms with Crippen molar-refractivity contribution in [1.82, 2.24) is 14.8 Å². The average molecular weight is 237 g/mol. The van der Waals surface area contributed by atoms with Crippen LogP contribution in [0.15, 0.2) is 18.2 Å². The molecule has 0 aliphatic rings. The summed E-state index contributed by atoms with van der Waals surface area (Å²) in [5, 5.41) is 4.20. The maximum atomic E-state index is 13.0. The molecule has 0 spiro atoms. The van der Waals surface area contributed by atoms with Gasteiger partial charge in [0.05, 0.1) is 0 Å². The lowest BCUT2D eigenvalue weighted by Gasteiger charge is -2.04. The Balaban J connectivity index is 2.07. The molecule has 0 unspecified atom stereocenters. The summed E-state index contributed by atoms with van der Waals surface area (Å²) in [7, 11) is 0. The van der Waals surface area contributed by atoms with Crippen molar-refractivity contribution < 1.29 is 8.78 Å². The predicted octanol–water partition coefficient (Wildman–Crippen LogP) is 2.42. The summed E-state index contributed by atoms with van der Waals surface area (Å²) in [5.74, 6) is -0.0895. The molecule has 2 aromatic rings. The fourth-order valence-electron chi connectivity index (χ4n) is 1.70. The van der Waals surface area contributed by atoms with Crippen molar-refractivity contribution in [1.29, 1.82) is 0 Å². The third kappa shape index (κ3) is 2.67. The zero-order valence-corrected chi connectivity index (χ0v) is 9.74. The van der Waals surface area contributed by atoms with E-state index < -0.39 is 11.6 Å². The highest BCUT2D eigenvalue weighted by Crippen LogP contribution is 2.10. The molecule has 0 fully saturated rings. The lowest BCUT2D eigenvalue weighted by atomic mass is 10.1. The van der Waals surface area contributed by atoms with Gasteiger partial charge in [-0.3, -0.25) is 0 Å². The number of halogens is 2. The Morgan fingerprint density at radius 1 is 1.18 bits per heavy atom. The third-order valence-electron chi connectivity index (χ3n) is 2.56. The maximum absolute atomic E-state index is 13.0. The van der Waals surface area contributed by atoms with E-state index in [0.29, 0.717) is 18.8 Å². The van der Waals surface area contributed by atoms with Crippen LogP contribution in [0, 0.1) is 25.5 Å². The van der Waals surface area contributed by atoms with Crippen LogP contribution in [0.1, 0.15) is 17.2 Å². The first-order valence-corrected chi connectivity index (χ1v) is 5.38. The second-order valence-electron chi connectivity index (χ2n) is 3.93. The van der Waals surface area contributed by atoms with Crippen LogP contribution in [0.5, 0.6) is 0 Å². The Morgan fingerprint density at radius 2 is 1.94 bits per heavy atom. The minimum absolute atomic E-state index is 0.598. The van der Waals surface area contributed by atoms with Crippen LogP contribution in [0.4, 0.5) is 8.78 Å². The molecule has 0 aliphatic heterocycles. The van der Waals surface area contributed by atoms with Crippen LogP contribution in [0.3, 0.4) is 0 Å². The Morgan fingerprint density at radius 3 is 2.53 bits per heavy atom. The summed E-state index contributed by atoms with van der Waals surface area (Å²) >= 11 is 0. The van der Waals surface area contributed by atoms with Gasteiger partial charge in [-0.05, 0) is 38.0 Å². The van der Waals surface area contributed by atoms with Gasteiger partial charge in [0, 0.05) is 6.54 Å². The SMILES string of the molecule is Cc1nc(C)n(CCc2ccc(F)c(F)c2)n1. The topological polar surface area (TPSA) is 30.7 Å². The number of aromatic nitrogens is 3. The fourth-order valence-corrected chi connectivity index (χ4v) is 1.70. The summed E-state index contributed by atoms with van der Waals surface area (Å²) < 4.78 is 27.5. The van der Waals surface area contributed by atoms with Crippen molar-refractivity contribution in [2.45, 2.75) is 26.8 Å². The molecule has 5 heteroatoms. The Kier molecular flexibility index (Phi) is 3.17. The van der Waals surface area contributed by atoms with Gasteiger partial charge in [-0.1, -0.05) is 6.07 Å². The molecule has 1 heterocycles. The number of benzene rings is 1. The van der Waals surface area contributed by atoms with Crippen molar-refractivity contribution in [3.05, 3.63) is 47.0 Å². The molecule has 1 aromatic heterocycles. The van der Waals surface area contributed by atoms with E-state index in [4.69, 9.17) is 0 Å². The highest BCUT2D eigenvalue weighted by Gasteiger charge is 2.05. The molecule has 0 aliphatic carbocycles. The fraction of sp³-hybridized carbons (Fsp3) is 0.333. The van der Waals surface area contributed by atoms with Crippen LogP contribution >= 0.6 is 0 Å². The van der Waals surface area contributed by atoms with Crippen LogP contribution in [-0.2, 0) is 13.0 Å². The van der Waals surface area contributed by atoms with E-state index in [1.54, 1.807) is 10.7 Å². The normalized spacial score (nSPS) is 10.8. The third-order valence-corrected chi connectivity index (χ3v) is 2.56. The zero-order chi connectivity index (χ0) is 12.4. The zero-order valence-electron chi connectivity index (χ0n) is 9.74. The molecule has 0 atom stereocenters. The lowest BCUT2D eigenvalue weighted by Crippen LogP contribution is -2.05. The van der Waals surface area contributed by atoms with Crippen LogP contribution in [0.25, 0.3) is 0 Å². The number of rotatable bonds is 3. The maximum Gasteiger partial charge on any atom is 0.159 e. The summed E-state index contributed by atoms with van der Waals surface area (Å²) in [6, 6.07) is 3.94. The molecule has 90 valence electrons. The number of aryl methyl sites for hydroxylation is 4. The van der Waals surface area contributed by atoms with Crippen LogP contribution in [0.2, 0.25) is 0 Å². The van der Waals surface area contributed by atoms with Crippen molar-refractivity contribution >= 4 is 0 Å². The summed E-state index contributed by atoms with van der Waals surface area (Å²) in [6.07, 6.45) is 0.598. The quantitative estimate of drug-likeness (QED) is 0.820. The standard InChI is InChI=1S/C12H13F2N3/c1-8-15-9(2)17(16-8)6-5-10-3-4-11(13)12(14)7-10/h3-4,7H,5-6H2,1-2H3. The van der Waals surface area contributed by atoms with E-state index in [9.17, 15) is 8.78 Å². The molecule has 0 saturated heterocycles. The second-order valence-corrected chi connectivity index (χ2v) is 3.93. The first kappa shape index (κ1) is 11.7. The van der Waals surface area contributed by atoms with Crippen LogP contribution in [-0.4, -0.2) is 14.8 Å². The van der Waals surface area contributed by atoms with Gasteiger partial charge in [-0.25, -0.2) is 18.4 Å². The first-order chi connectivity index (χ1) is 8.06. The molecular formula is C12H13F2N3. The molecular weight excluding hydrogens is 224 g/mol. The molecule has 0 radical (unpaired) electrons. The van der Waals surface area contributed by atoms with E-state index in [-0.39, 0.29) is 0 Å². The molecule has 0 bridgehead atoms. The van der Waals surface area contributed by atoms with E-state index in [0.717, 1.165) is 17.5 Å². The van der Waals surface area contributed by atoms with Crippen molar-refractivity contribution in [3.63, 3.8) is 0 Å². The lowest BCUT2D eigenvalue weighted by molar-refractivity contribution is 0.505. The number of hydrogen-bond donors (Lipinski definition) is 0. The highest BCUT2D eigenvalue weighted by molar-refractivity contribution is 5.17. The van der Waals surface area contributed by atoms with Crippen LogP contribution < -0.4 is 0 Å². The Bertz CT molecular complexity index is 535. The van der Waals surface area contributed by atoms with E-state index in [2.05, 4.69) is 10.1 Å². The minimum atomic E-state index is -0.818. The summed E-state index contributed by atoms with van der Waals surface area (Å²) in [4.78, 5) is 4.17. The smallest absolute Gasteiger partial charge is 0.159 e. The van der Waals surface area contributed by atoms with Gasteiger partial charge in [0.15, 0.2) is 11.6 Å². The molecule has 17 heavy (non-hydrogen) atoms. The van der Waals surface area contributed by atoms with Crippen molar-refractivity contribution in [2.24, 2.45) is 0 Å². The highest BCUT2D eigenvalue weighted by atomic mass is 19.2. The van der Waals surface area contributed by atoms with Gasteiger partial charge in [0.2, 0.25) is 0 Å². The number of nitrogens with zero attached hydrogens (tertiary/aromatic N) is 3. The minimum Gasteiger partial charge on any atom is -0.250 e. The van der Waals surface area contributed by atoms with Gasteiger partial charge in [-0.2, -0.15) is 5.10 Å². The van der Waals surface area contributed by atoms with E-state index in [1.165, 1.54) is 6.07 Å². The Labute approximate surface area is 98.1 Å². The van der Waals surface area contributed by atoms with Gasteiger partial charge >= 0.3 is 0 Å². The monoisotopic (exact) mass is 237 g/mol. The predicted molar refractivity (Wildman–Crippen MR) is 59.6 cm³/mol. The molecule has 0 amide bonds. The average Bonchev–Trinajstić information content (AvgIpc) is 2.59. The largest absolute Gasteiger partial charge is 0.250 e. The molecule has 1 aromatic carbocycles. The Hall–Kier alpha value is -1.78. The first-order valence-electron chi connectivity index (χ1n) is 5.38. The molecule has 0 N–H and O–H groups in total. The van der Waals surface area contributed by atoms with Gasteiger partial charge in [0.1, 0.15) is 11.6 Å². The molecule has 3 nitrogen and oxygen atoms in total. The van der Waals surface area contributed by atoms with Gasteiger partial charge in [-0.15, -0.1) is 0 Å².